The summed E-state index contributed by atoms with van der Waals surface area (Å²) in [5.41, 5.74) is 1.16. The van der Waals surface area contributed by atoms with Gasteiger partial charge in [-0.1, -0.05) is 37.3 Å². The van der Waals surface area contributed by atoms with E-state index in [1.807, 2.05) is 30.3 Å². The number of carbonyl (C=O) groups is 1. The summed E-state index contributed by atoms with van der Waals surface area (Å²) < 4.78 is 12.0. The van der Waals surface area contributed by atoms with E-state index in [4.69, 9.17) is 9.47 Å². The zero-order valence-corrected chi connectivity index (χ0v) is 15.7. The Morgan fingerprint density at radius 2 is 2.23 bits per heavy atom. The Hall–Kier alpha value is -1.43. The van der Waals surface area contributed by atoms with E-state index in [1.165, 1.54) is 12.8 Å². The normalized spacial score (nSPS) is 32.7. The molecule has 3 fully saturated rings. The maximum atomic E-state index is 12.2. The second-order valence-corrected chi connectivity index (χ2v) is 8.05. The van der Waals surface area contributed by atoms with Gasteiger partial charge in [-0.25, -0.2) is 0 Å². The smallest absolute Gasteiger partial charge is 0.246 e. The minimum Gasteiger partial charge on any atom is -0.370 e. The van der Waals surface area contributed by atoms with Crippen molar-refractivity contribution in [2.45, 2.75) is 44.5 Å². The molecule has 5 nitrogen and oxygen atoms in total. The maximum Gasteiger partial charge on any atom is 0.246 e. The van der Waals surface area contributed by atoms with Gasteiger partial charge in [0.1, 0.15) is 6.61 Å². The Morgan fingerprint density at radius 3 is 3.04 bits per heavy atom. The Kier molecular flexibility index (Phi) is 5.30. The van der Waals surface area contributed by atoms with Crippen molar-refractivity contribution in [3.05, 3.63) is 35.9 Å². The molecule has 3 aliphatic heterocycles. The van der Waals surface area contributed by atoms with E-state index in [-0.39, 0.29) is 18.1 Å². The lowest BCUT2D eigenvalue weighted by molar-refractivity contribution is -0.126. The number of rotatable bonds is 8. The Balaban J connectivity index is 1.24. The van der Waals surface area contributed by atoms with Crippen molar-refractivity contribution in [2.24, 2.45) is 11.8 Å². The molecule has 1 aromatic rings. The second kappa shape index (κ2) is 7.67. The number of fused-ring (bicyclic) bond motifs is 1. The first kappa shape index (κ1) is 18.0. The highest BCUT2D eigenvalue weighted by Crippen LogP contribution is 2.54. The van der Waals surface area contributed by atoms with Gasteiger partial charge in [-0.2, -0.15) is 0 Å². The number of carbonyl (C=O) groups excluding carboxylic acids is 1. The molecule has 2 bridgehead atoms. The van der Waals surface area contributed by atoms with Crippen LogP contribution in [0.1, 0.15) is 31.7 Å². The summed E-state index contributed by atoms with van der Waals surface area (Å²) in [7, 11) is 0. The van der Waals surface area contributed by atoms with Crippen LogP contribution in [0.25, 0.3) is 0 Å². The van der Waals surface area contributed by atoms with Gasteiger partial charge in [0.25, 0.3) is 0 Å². The monoisotopic (exact) mass is 358 g/mol. The first-order valence-corrected chi connectivity index (χ1v) is 9.99. The zero-order chi connectivity index (χ0) is 18.0. The fraction of sp³-hybridized carbons (Fsp3) is 0.667. The Morgan fingerprint density at radius 1 is 1.38 bits per heavy atom. The molecule has 3 aliphatic rings. The van der Waals surface area contributed by atoms with Crippen LogP contribution in [0, 0.1) is 11.8 Å². The first-order valence-electron chi connectivity index (χ1n) is 9.99. The molecular weight excluding hydrogens is 328 g/mol. The third-order valence-electron chi connectivity index (χ3n) is 6.27. The highest BCUT2D eigenvalue weighted by atomic mass is 16.5. The van der Waals surface area contributed by atoms with Crippen molar-refractivity contribution in [2.75, 3.05) is 32.8 Å². The number of hydrogen-bond acceptors (Lipinski definition) is 4. The van der Waals surface area contributed by atoms with Gasteiger partial charge in [0, 0.05) is 31.5 Å². The molecular formula is C21H30N2O3. The van der Waals surface area contributed by atoms with Crippen molar-refractivity contribution in [3.63, 3.8) is 0 Å². The van der Waals surface area contributed by atoms with Crippen LogP contribution in [0.15, 0.2) is 30.3 Å². The van der Waals surface area contributed by atoms with E-state index in [1.54, 1.807) is 0 Å². The molecule has 1 N–H and O–H groups in total. The Labute approximate surface area is 156 Å². The summed E-state index contributed by atoms with van der Waals surface area (Å²) in [5, 5.41) is 3.09. The zero-order valence-electron chi connectivity index (χ0n) is 15.7. The van der Waals surface area contributed by atoms with Crippen LogP contribution in [-0.2, 0) is 20.9 Å². The summed E-state index contributed by atoms with van der Waals surface area (Å²) in [5.74, 6) is 0.989. The number of hydrogen-bond donors (Lipinski definition) is 1. The second-order valence-electron chi connectivity index (χ2n) is 8.05. The van der Waals surface area contributed by atoms with Gasteiger partial charge < -0.3 is 19.7 Å². The number of amides is 1. The first-order chi connectivity index (χ1) is 12.7. The maximum absolute atomic E-state index is 12.2. The van der Waals surface area contributed by atoms with E-state index in [0.29, 0.717) is 31.1 Å². The standard InChI is InChI=1S/C21H30N2O3/c1-2-10-23-12-18-17(19-8-9-21(18,15-23)26-19)11-22-20(24)14-25-13-16-6-4-3-5-7-16/h3-7,17-19H,2,8-15H2,1H3,(H,22,24)/t17-,18+,19+,21+/m0/s1. The third-order valence-corrected chi connectivity index (χ3v) is 6.27. The van der Waals surface area contributed by atoms with Gasteiger partial charge in [0.15, 0.2) is 0 Å². The SMILES string of the molecule is CCCN1C[C@@H]2[C@H](CNC(=O)COCc3ccccc3)[C@H]3CC[C@]2(C1)O3. The van der Waals surface area contributed by atoms with Gasteiger partial charge in [-0.05, 0) is 31.4 Å². The lowest BCUT2D eigenvalue weighted by Gasteiger charge is -2.29. The molecule has 0 radical (unpaired) electrons. The average molecular weight is 358 g/mol. The van der Waals surface area contributed by atoms with Gasteiger partial charge in [-0.15, -0.1) is 0 Å². The minimum absolute atomic E-state index is 0.0267. The van der Waals surface area contributed by atoms with Gasteiger partial charge in [0.2, 0.25) is 5.91 Å². The average Bonchev–Trinajstić information content (AvgIpc) is 3.29. The van der Waals surface area contributed by atoms with Gasteiger partial charge in [0.05, 0.1) is 18.3 Å². The van der Waals surface area contributed by atoms with Crippen molar-refractivity contribution >= 4 is 5.91 Å². The summed E-state index contributed by atoms with van der Waals surface area (Å²) >= 11 is 0. The minimum atomic E-state index is -0.0267. The predicted octanol–water partition coefficient (Wildman–Crippen LogP) is 2.21. The lowest BCUT2D eigenvalue weighted by Crippen LogP contribution is -2.42. The van der Waals surface area contributed by atoms with E-state index in [2.05, 4.69) is 17.1 Å². The molecule has 1 aromatic carbocycles. The topological polar surface area (TPSA) is 50.8 Å². The fourth-order valence-electron chi connectivity index (χ4n) is 5.16. The van der Waals surface area contributed by atoms with Crippen LogP contribution in [0.5, 0.6) is 0 Å². The fourth-order valence-corrected chi connectivity index (χ4v) is 5.16. The molecule has 4 rings (SSSR count). The van der Waals surface area contributed by atoms with E-state index in [0.717, 1.165) is 31.6 Å². The molecule has 0 saturated carbocycles. The van der Waals surface area contributed by atoms with E-state index >= 15 is 0 Å². The molecule has 26 heavy (non-hydrogen) atoms. The summed E-state index contributed by atoms with van der Waals surface area (Å²) in [4.78, 5) is 14.7. The predicted molar refractivity (Wildman–Crippen MR) is 99.7 cm³/mol. The Bertz CT molecular complexity index is 623. The summed E-state index contributed by atoms with van der Waals surface area (Å²) in [6.07, 6.45) is 3.84. The van der Waals surface area contributed by atoms with Gasteiger partial charge >= 0.3 is 0 Å². The molecule has 142 valence electrons. The quantitative estimate of drug-likeness (QED) is 0.774. The summed E-state index contributed by atoms with van der Waals surface area (Å²) in [6.45, 7) is 6.88. The van der Waals surface area contributed by atoms with Gasteiger partial charge in [-0.3, -0.25) is 4.79 Å². The molecule has 5 heteroatoms. The molecule has 0 unspecified atom stereocenters. The van der Waals surface area contributed by atoms with Crippen molar-refractivity contribution in [3.8, 4) is 0 Å². The molecule has 1 spiro atoms. The molecule has 3 heterocycles. The van der Waals surface area contributed by atoms with E-state index < -0.39 is 0 Å². The molecule has 0 aliphatic carbocycles. The van der Waals surface area contributed by atoms with Crippen LogP contribution in [0.3, 0.4) is 0 Å². The van der Waals surface area contributed by atoms with Crippen LogP contribution in [-0.4, -0.2) is 55.3 Å². The largest absolute Gasteiger partial charge is 0.370 e. The highest BCUT2D eigenvalue weighted by molar-refractivity contribution is 5.77. The van der Waals surface area contributed by atoms with Crippen molar-refractivity contribution in [1.29, 1.82) is 0 Å². The number of nitrogens with zero attached hydrogens (tertiary/aromatic N) is 1. The van der Waals surface area contributed by atoms with Crippen molar-refractivity contribution < 1.29 is 14.3 Å². The summed E-state index contributed by atoms with van der Waals surface area (Å²) in [6, 6.07) is 9.95. The number of nitrogens with one attached hydrogen (secondary N) is 1. The van der Waals surface area contributed by atoms with Crippen LogP contribution in [0.2, 0.25) is 0 Å². The van der Waals surface area contributed by atoms with Crippen LogP contribution in [0.4, 0.5) is 0 Å². The highest BCUT2D eigenvalue weighted by Gasteiger charge is 2.62. The molecule has 4 atom stereocenters. The van der Waals surface area contributed by atoms with E-state index in [9.17, 15) is 4.79 Å². The number of likely N-dealkylation sites (tertiary alicyclic amines) is 1. The van der Waals surface area contributed by atoms with Crippen LogP contribution < -0.4 is 5.32 Å². The number of benzene rings is 1. The lowest BCUT2D eigenvalue weighted by atomic mass is 9.73. The van der Waals surface area contributed by atoms with Crippen LogP contribution >= 0.6 is 0 Å². The molecule has 1 amide bonds. The molecule has 3 saturated heterocycles. The van der Waals surface area contributed by atoms with Crippen molar-refractivity contribution in [1.82, 2.24) is 10.2 Å². The third kappa shape index (κ3) is 3.53. The molecule has 0 aromatic heterocycles. The number of ether oxygens (including phenoxy) is 2.